The van der Waals surface area contributed by atoms with Crippen LogP contribution in [0.2, 0.25) is 0 Å². The summed E-state index contributed by atoms with van der Waals surface area (Å²) in [4.78, 5) is 7.37. The molecular weight excluding hydrogens is 561 g/mol. The van der Waals surface area contributed by atoms with Crippen molar-refractivity contribution < 1.29 is 0 Å². The van der Waals surface area contributed by atoms with Crippen molar-refractivity contribution >= 4 is 91.0 Å². The van der Waals surface area contributed by atoms with Gasteiger partial charge in [0.25, 0.3) is 0 Å². The van der Waals surface area contributed by atoms with Crippen LogP contribution in [-0.2, 0) is 0 Å². The van der Waals surface area contributed by atoms with Crippen molar-refractivity contribution in [3.8, 4) is 11.1 Å². The lowest BCUT2D eigenvalue weighted by Gasteiger charge is -2.25. The Labute approximate surface area is 256 Å². The van der Waals surface area contributed by atoms with Crippen molar-refractivity contribution in [1.29, 1.82) is 0 Å². The molecule has 0 radical (unpaired) electrons. The minimum Gasteiger partial charge on any atom is -0.295 e. The maximum Gasteiger partial charge on any atom is 0.138 e. The fraction of sp³-hybridized carbons (Fsp3) is 0. The number of aromatic nitrogens is 1. The van der Waals surface area contributed by atoms with Gasteiger partial charge in [0.05, 0.1) is 4.70 Å². The summed E-state index contributed by atoms with van der Waals surface area (Å²) < 4.78 is 5.11. The lowest BCUT2D eigenvalue weighted by Crippen LogP contribution is -2.11. The lowest BCUT2D eigenvalue weighted by molar-refractivity contribution is 1.20. The molecule has 0 saturated heterocycles. The van der Waals surface area contributed by atoms with Gasteiger partial charge < -0.3 is 0 Å². The van der Waals surface area contributed by atoms with Crippen LogP contribution in [0.15, 0.2) is 146 Å². The van der Waals surface area contributed by atoms with Crippen molar-refractivity contribution in [2.75, 3.05) is 4.90 Å². The highest BCUT2D eigenvalue weighted by Crippen LogP contribution is 2.43. The molecule has 6 aromatic carbocycles. The summed E-state index contributed by atoms with van der Waals surface area (Å²) in [5.74, 6) is 0.910. The number of benzene rings is 6. The van der Waals surface area contributed by atoms with Gasteiger partial charge in [0, 0.05) is 53.2 Å². The molecule has 3 heterocycles. The van der Waals surface area contributed by atoms with Crippen LogP contribution >= 0.6 is 22.7 Å². The number of hydrogen-bond acceptors (Lipinski definition) is 4. The lowest BCUT2D eigenvalue weighted by atomic mass is 10.0. The minimum absolute atomic E-state index is 0.910. The molecule has 0 aliphatic carbocycles. The van der Waals surface area contributed by atoms with E-state index in [2.05, 4.69) is 144 Å². The van der Waals surface area contributed by atoms with Gasteiger partial charge in [-0.25, -0.2) is 4.98 Å². The van der Waals surface area contributed by atoms with Crippen LogP contribution in [0.25, 0.3) is 62.2 Å². The molecule has 4 heteroatoms. The Morgan fingerprint density at radius 3 is 2.02 bits per heavy atom. The average Bonchev–Trinajstić information content (AvgIpc) is 3.64. The summed E-state index contributed by atoms with van der Waals surface area (Å²) in [5.41, 5.74) is 4.59. The molecule has 0 atom stereocenters. The van der Waals surface area contributed by atoms with Crippen LogP contribution in [0, 0.1) is 0 Å². The zero-order valence-electron chi connectivity index (χ0n) is 23.1. The third-order valence-electron chi connectivity index (χ3n) is 8.32. The molecular formula is C39H24N2S2. The number of hydrogen-bond donors (Lipinski definition) is 0. The van der Waals surface area contributed by atoms with Crippen LogP contribution in [0.5, 0.6) is 0 Å². The Morgan fingerprint density at radius 1 is 0.442 bits per heavy atom. The van der Waals surface area contributed by atoms with Crippen LogP contribution in [0.4, 0.5) is 17.2 Å². The summed E-state index contributed by atoms with van der Waals surface area (Å²) in [6.45, 7) is 0. The number of thiophene rings is 2. The maximum absolute atomic E-state index is 5.08. The number of nitrogens with zero attached hydrogens (tertiary/aromatic N) is 2. The monoisotopic (exact) mass is 584 g/mol. The van der Waals surface area contributed by atoms with Crippen molar-refractivity contribution in [3.63, 3.8) is 0 Å². The maximum atomic E-state index is 5.08. The molecule has 0 spiro atoms. The van der Waals surface area contributed by atoms with E-state index in [9.17, 15) is 0 Å². The Balaban J connectivity index is 1.24. The highest BCUT2D eigenvalue weighted by atomic mass is 32.1. The van der Waals surface area contributed by atoms with Crippen molar-refractivity contribution in [2.24, 2.45) is 0 Å². The standard InChI is InChI=1S/C39H24N2S2/c1-2-8-25(9-3-1)26-14-17-28(18-15-26)41(29-19-21-32-31-12-6-7-13-35(31)42-36(32)22-29)38-23-34-33-20-16-27-10-4-5-11-30(27)39(33)43-37(34)24-40-38/h1-24H. The van der Waals surface area contributed by atoms with Gasteiger partial charge in [-0.3, -0.25) is 4.90 Å². The first-order valence-corrected chi connectivity index (χ1v) is 16.0. The molecule has 0 N–H and O–H groups in total. The highest BCUT2D eigenvalue weighted by molar-refractivity contribution is 7.26. The first-order chi connectivity index (χ1) is 21.3. The number of fused-ring (bicyclic) bond motifs is 8. The second kappa shape index (κ2) is 9.77. The zero-order valence-corrected chi connectivity index (χ0v) is 24.7. The molecule has 0 amide bonds. The van der Waals surface area contributed by atoms with Crippen LogP contribution in [0.1, 0.15) is 0 Å². The molecule has 9 rings (SSSR count). The van der Waals surface area contributed by atoms with Gasteiger partial charge in [0.1, 0.15) is 5.82 Å². The second-order valence-corrected chi connectivity index (χ2v) is 13.0. The van der Waals surface area contributed by atoms with Gasteiger partial charge in [0.2, 0.25) is 0 Å². The first kappa shape index (κ1) is 24.6. The van der Waals surface area contributed by atoms with E-state index < -0.39 is 0 Å². The molecule has 43 heavy (non-hydrogen) atoms. The largest absolute Gasteiger partial charge is 0.295 e. The van der Waals surface area contributed by atoms with Crippen molar-refractivity contribution in [2.45, 2.75) is 0 Å². The Morgan fingerprint density at radius 2 is 1.14 bits per heavy atom. The Kier molecular flexibility index (Phi) is 5.58. The molecule has 2 nitrogen and oxygen atoms in total. The zero-order chi connectivity index (χ0) is 28.3. The number of pyridine rings is 1. The molecule has 0 bridgehead atoms. The van der Waals surface area contributed by atoms with E-state index in [1.165, 1.54) is 62.2 Å². The van der Waals surface area contributed by atoms with E-state index in [0.29, 0.717) is 0 Å². The Bertz CT molecular complexity index is 2450. The van der Waals surface area contributed by atoms with Gasteiger partial charge in [0.15, 0.2) is 0 Å². The minimum atomic E-state index is 0.910. The van der Waals surface area contributed by atoms with Gasteiger partial charge >= 0.3 is 0 Å². The molecule has 0 saturated carbocycles. The van der Waals surface area contributed by atoms with E-state index in [-0.39, 0.29) is 0 Å². The van der Waals surface area contributed by atoms with E-state index in [4.69, 9.17) is 4.98 Å². The summed E-state index contributed by atoms with van der Waals surface area (Å²) in [6, 6.07) is 50.3. The van der Waals surface area contributed by atoms with E-state index in [0.717, 1.165) is 17.2 Å². The predicted molar refractivity (Wildman–Crippen MR) is 188 cm³/mol. The highest BCUT2D eigenvalue weighted by Gasteiger charge is 2.18. The quantitative estimate of drug-likeness (QED) is 0.205. The first-order valence-electron chi connectivity index (χ1n) is 14.4. The van der Waals surface area contributed by atoms with Crippen molar-refractivity contribution in [3.05, 3.63) is 146 Å². The molecule has 3 aromatic heterocycles. The molecule has 0 fully saturated rings. The fourth-order valence-electron chi connectivity index (χ4n) is 6.22. The van der Waals surface area contributed by atoms with E-state index in [1.807, 2.05) is 28.9 Å². The van der Waals surface area contributed by atoms with Crippen LogP contribution in [0.3, 0.4) is 0 Å². The summed E-state index contributed by atoms with van der Waals surface area (Å²) in [6.07, 6.45) is 2.05. The fourth-order valence-corrected chi connectivity index (χ4v) is 8.55. The summed E-state index contributed by atoms with van der Waals surface area (Å²) >= 11 is 3.67. The molecule has 202 valence electrons. The molecule has 0 aliphatic heterocycles. The summed E-state index contributed by atoms with van der Waals surface area (Å²) in [5, 5.41) is 7.69. The normalized spacial score (nSPS) is 11.7. The molecule has 9 aromatic rings. The molecule has 0 aliphatic rings. The van der Waals surface area contributed by atoms with Gasteiger partial charge in [-0.05, 0) is 58.3 Å². The van der Waals surface area contributed by atoms with E-state index in [1.54, 1.807) is 0 Å². The van der Waals surface area contributed by atoms with Crippen LogP contribution in [-0.4, -0.2) is 4.98 Å². The number of rotatable bonds is 4. The van der Waals surface area contributed by atoms with E-state index >= 15 is 0 Å². The van der Waals surface area contributed by atoms with Gasteiger partial charge in [-0.2, -0.15) is 0 Å². The second-order valence-electron chi connectivity index (χ2n) is 10.8. The van der Waals surface area contributed by atoms with Crippen molar-refractivity contribution in [1.82, 2.24) is 4.98 Å². The third kappa shape index (κ3) is 4.03. The predicted octanol–water partition coefficient (Wildman–Crippen LogP) is 12.1. The number of anilines is 3. The average molecular weight is 585 g/mol. The summed E-state index contributed by atoms with van der Waals surface area (Å²) in [7, 11) is 0. The topological polar surface area (TPSA) is 16.1 Å². The SMILES string of the molecule is c1ccc(-c2ccc(N(c3ccc4c(c3)sc3ccccc34)c3cc4c(cn3)sc3c5ccccc5ccc43)cc2)cc1. The smallest absolute Gasteiger partial charge is 0.138 e. The van der Waals surface area contributed by atoms with Crippen LogP contribution < -0.4 is 4.90 Å². The third-order valence-corrected chi connectivity index (χ3v) is 10.6. The van der Waals surface area contributed by atoms with Gasteiger partial charge in [-0.15, -0.1) is 22.7 Å². The Hall–Kier alpha value is -5.03. The molecule has 0 unspecified atom stereocenters. The van der Waals surface area contributed by atoms with Gasteiger partial charge in [-0.1, -0.05) is 103 Å².